The first-order chi connectivity index (χ1) is 8.74. The average molecular weight is 238 g/mol. The summed E-state index contributed by atoms with van der Waals surface area (Å²) in [5.74, 6) is 0. The van der Waals surface area contributed by atoms with Crippen LogP contribution in [0.2, 0.25) is 0 Å². The molecule has 0 aliphatic carbocycles. The summed E-state index contributed by atoms with van der Waals surface area (Å²) in [6, 6.07) is 15.3. The molecule has 0 aromatic heterocycles. The van der Waals surface area contributed by atoms with Gasteiger partial charge in [0.15, 0.2) is 0 Å². The van der Waals surface area contributed by atoms with E-state index in [0.717, 1.165) is 0 Å². The smallest absolute Gasteiger partial charge is 0.0149 e. The van der Waals surface area contributed by atoms with Gasteiger partial charge >= 0.3 is 0 Å². The van der Waals surface area contributed by atoms with Crippen LogP contribution in [-0.4, -0.2) is 0 Å². The molecule has 18 heavy (non-hydrogen) atoms. The molecule has 0 unspecified atom stereocenters. The Bertz CT molecular complexity index is 509. The normalized spacial score (nSPS) is 10.6. The molecule has 2 aromatic rings. The van der Waals surface area contributed by atoms with Crippen LogP contribution in [0.3, 0.4) is 0 Å². The second-order valence-electron chi connectivity index (χ2n) is 5.00. The third-order valence-electron chi connectivity index (χ3n) is 3.73. The molecule has 0 aliphatic rings. The van der Waals surface area contributed by atoms with Crippen LogP contribution in [0.4, 0.5) is 0 Å². The fourth-order valence-electron chi connectivity index (χ4n) is 2.44. The molecule has 0 amide bonds. The lowest BCUT2D eigenvalue weighted by Gasteiger charge is -2.15. The molecule has 0 fully saturated rings. The van der Waals surface area contributed by atoms with E-state index in [1.807, 2.05) is 0 Å². The van der Waals surface area contributed by atoms with Gasteiger partial charge in [-0.1, -0.05) is 55.8 Å². The minimum atomic E-state index is 1.19. The van der Waals surface area contributed by atoms with E-state index in [2.05, 4.69) is 63.2 Å². The Balaban J connectivity index is 2.50. The summed E-state index contributed by atoms with van der Waals surface area (Å²) in [4.78, 5) is 0. The second kappa shape index (κ2) is 5.86. The number of rotatable bonds is 4. The molecule has 0 bridgehead atoms. The quantitative estimate of drug-likeness (QED) is 0.677. The van der Waals surface area contributed by atoms with E-state index in [4.69, 9.17) is 0 Å². The Hall–Kier alpha value is -1.56. The van der Waals surface area contributed by atoms with Crippen LogP contribution >= 0.6 is 0 Å². The van der Waals surface area contributed by atoms with Gasteiger partial charge in [-0.05, 0) is 54.5 Å². The SMILES string of the molecule is CCCCc1c(-c2ccccc2)ccc(C)c1C. The molecular weight excluding hydrogens is 216 g/mol. The number of benzene rings is 2. The van der Waals surface area contributed by atoms with Crippen molar-refractivity contribution in [2.45, 2.75) is 40.0 Å². The number of hydrogen-bond acceptors (Lipinski definition) is 0. The number of aryl methyl sites for hydroxylation is 1. The van der Waals surface area contributed by atoms with Gasteiger partial charge in [0.2, 0.25) is 0 Å². The number of hydrogen-bond donors (Lipinski definition) is 0. The maximum atomic E-state index is 2.28. The summed E-state index contributed by atoms with van der Waals surface area (Å²) in [5.41, 5.74) is 7.15. The third kappa shape index (κ3) is 2.64. The number of unbranched alkanes of at least 4 members (excludes halogenated alkanes) is 1. The Labute approximate surface area is 111 Å². The summed E-state index contributed by atoms with van der Waals surface area (Å²) in [6.07, 6.45) is 3.71. The van der Waals surface area contributed by atoms with Crippen LogP contribution in [0.25, 0.3) is 11.1 Å². The fourth-order valence-corrected chi connectivity index (χ4v) is 2.44. The average Bonchev–Trinajstić information content (AvgIpc) is 2.41. The highest BCUT2D eigenvalue weighted by Crippen LogP contribution is 2.29. The van der Waals surface area contributed by atoms with Crippen molar-refractivity contribution in [1.29, 1.82) is 0 Å². The Morgan fingerprint density at radius 1 is 0.889 bits per heavy atom. The summed E-state index contributed by atoms with van der Waals surface area (Å²) < 4.78 is 0. The third-order valence-corrected chi connectivity index (χ3v) is 3.73. The van der Waals surface area contributed by atoms with Crippen molar-refractivity contribution < 1.29 is 0 Å². The molecule has 0 N–H and O–H groups in total. The maximum absolute atomic E-state index is 2.28. The van der Waals surface area contributed by atoms with E-state index >= 15 is 0 Å². The maximum Gasteiger partial charge on any atom is -0.0149 e. The van der Waals surface area contributed by atoms with Gasteiger partial charge in [-0.15, -0.1) is 0 Å². The van der Waals surface area contributed by atoms with Crippen LogP contribution in [0.15, 0.2) is 42.5 Å². The van der Waals surface area contributed by atoms with Crippen molar-refractivity contribution in [3.8, 4) is 11.1 Å². The van der Waals surface area contributed by atoms with E-state index in [1.54, 1.807) is 0 Å². The van der Waals surface area contributed by atoms with Crippen molar-refractivity contribution in [3.63, 3.8) is 0 Å². The summed E-state index contributed by atoms with van der Waals surface area (Å²) in [7, 11) is 0. The molecule has 2 aromatic carbocycles. The zero-order valence-corrected chi connectivity index (χ0v) is 11.7. The molecule has 0 atom stereocenters. The fraction of sp³-hybridized carbons (Fsp3) is 0.333. The van der Waals surface area contributed by atoms with Gasteiger partial charge in [0, 0.05) is 0 Å². The lowest BCUT2D eigenvalue weighted by Crippen LogP contribution is -1.96. The molecule has 0 spiro atoms. The molecule has 0 aliphatic heterocycles. The lowest BCUT2D eigenvalue weighted by atomic mass is 9.90. The van der Waals surface area contributed by atoms with Crippen molar-refractivity contribution in [2.24, 2.45) is 0 Å². The summed E-state index contributed by atoms with van der Waals surface area (Å²) in [6.45, 7) is 6.72. The van der Waals surface area contributed by atoms with Crippen molar-refractivity contribution in [3.05, 3.63) is 59.2 Å². The highest BCUT2D eigenvalue weighted by Gasteiger charge is 2.09. The lowest BCUT2D eigenvalue weighted by molar-refractivity contribution is 0.791. The van der Waals surface area contributed by atoms with Crippen LogP contribution in [-0.2, 0) is 6.42 Å². The van der Waals surface area contributed by atoms with E-state index in [0.29, 0.717) is 0 Å². The summed E-state index contributed by atoms with van der Waals surface area (Å²) >= 11 is 0. The highest BCUT2D eigenvalue weighted by atomic mass is 14.1. The second-order valence-corrected chi connectivity index (χ2v) is 5.00. The van der Waals surface area contributed by atoms with Crippen LogP contribution in [0, 0.1) is 13.8 Å². The van der Waals surface area contributed by atoms with E-state index in [-0.39, 0.29) is 0 Å². The molecule has 0 heterocycles. The Morgan fingerprint density at radius 2 is 1.61 bits per heavy atom. The minimum absolute atomic E-state index is 1.19. The predicted octanol–water partition coefficient (Wildman–Crippen LogP) is 5.31. The first-order valence-corrected chi connectivity index (χ1v) is 6.88. The minimum Gasteiger partial charge on any atom is -0.0654 e. The monoisotopic (exact) mass is 238 g/mol. The van der Waals surface area contributed by atoms with Crippen molar-refractivity contribution in [1.82, 2.24) is 0 Å². The van der Waals surface area contributed by atoms with Gasteiger partial charge in [0.25, 0.3) is 0 Å². The van der Waals surface area contributed by atoms with Gasteiger partial charge in [0.1, 0.15) is 0 Å². The van der Waals surface area contributed by atoms with Crippen LogP contribution in [0.5, 0.6) is 0 Å². The first kappa shape index (κ1) is 12.9. The van der Waals surface area contributed by atoms with Crippen molar-refractivity contribution in [2.75, 3.05) is 0 Å². The summed E-state index contributed by atoms with van der Waals surface area (Å²) in [5, 5.41) is 0. The first-order valence-electron chi connectivity index (χ1n) is 6.88. The van der Waals surface area contributed by atoms with E-state index < -0.39 is 0 Å². The Kier molecular flexibility index (Phi) is 4.19. The van der Waals surface area contributed by atoms with Crippen molar-refractivity contribution >= 4 is 0 Å². The van der Waals surface area contributed by atoms with Gasteiger partial charge in [-0.3, -0.25) is 0 Å². The van der Waals surface area contributed by atoms with Gasteiger partial charge in [-0.2, -0.15) is 0 Å². The van der Waals surface area contributed by atoms with Gasteiger partial charge in [0.05, 0.1) is 0 Å². The zero-order chi connectivity index (χ0) is 13.0. The van der Waals surface area contributed by atoms with Crippen LogP contribution in [0.1, 0.15) is 36.5 Å². The zero-order valence-electron chi connectivity index (χ0n) is 11.7. The predicted molar refractivity (Wildman–Crippen MR) is 80.0 cm³/mol. The molecule has 2 rings (SSSR count). The van der Waals surface area contributed by atoms with Gasteiger partial charge in [-0.25, -0.2) is 0 Å². The molecule has 0 heteroatoms. The van der Waals surface area contributed by atoms with E-state index in [9.17, 15) is 0 Å². The molecule has 94 valence electrons. The largest absolute Gasteiger partial charge is 0.0654 e. The Morgan fingerprint density at radius 3 is 2.28 bits per heavy atom. The highest BCUT2D eigenvalue weighted by molar-refractivity contribution is 5.69. The molecule has 0 saturated heterocycles. The molecule has 0 radical (unpaired) electrons. The molecular formula is C18H22. The van der Waals surface area contributed by atoms with Gasteiger partial charge < -0.3 is 0 Å². The van der Waals surface area contributed by atoms with Crippen LogP contribution < -0.4 is 0 Å². The van der Waals surface area contributed by atoms with E-state index in [1.165, 1.54) is 47.1 Å². The standard InChI is InChI=1S/C18H22/c1-4-5-11-17-15(3)14(2)12-13-18(17)16-9-7-6-8-10-16/h6-10,12-13H,4-5,11H2,1-3H3. The molecule has 0 nitrogen and oxygen atoms in total. The topological polar surface area (TPSA) is 0 Å². The molecule has 0 saturated carbocycles.